The highest BCUT2D eigenvalue weighted by Crippen LogP contribution is 2.30. The number of aryl methyl sites for hydroxylation is 1. The molecule has 4 nitrogen and oxygen atoms in total. The second-order valence-corrected chi connectivity index (χ2v) is 5.53. The third kappa shape index (κ3) is 3.55. The molecule has 3 aromatic rings. The molecule has 1 aromatic heterocycles. The fourth-order valence-electron chi connectivity index (χ4n) is 2.28. The van der Waals surface area contributed by atoms with E-state index < -0.39 is 0 Å². The fraction of sp³-hybridized carbons (Fsp3) is 0.167. The summed E-state index contributed by atoms with van der Waals surface area (Å²) in [5.74, 6) is 0.727. The Kier molecular flexibility index (Phi) is 4.65. The average molecular weight is 329 g/mol. The molecule has 0 amide bonds. The van der Waals surface area contributed by atoms with Crippen LogP contribution in [-0.4, -0.2) is 18.9 Å². The summed E-state index contributed by atoms with van der Waals surface area (Å²) in [7, 11) is 1.59. The van der Waals surface area contributed by atoms with Gasteiger partial charge in [0, 0.05) is 24.2 Å². The van der Waals surface area contributed by atoms with Crippen LogP contribution in [0.15, 0.2) is 48.5 Å². The Labute approximate surface area is 140 Å². The molecule has 118 valence electrons. The molecule has 0 aliphatic rings. The molecule has 1 N–H and O–H groups in total. The first kappa shape index (κ1) is 15.6. The number of hydrogen-bond acceptors (Lipinski definition) is 4. The lowest BCUT2D eigenvalue weighted by molar-refractivity contribution is 0.0511. The molecular weight excluding hydrogens is 312 g/mol. The molecule has 23 heavy (non-hydrogen) atoms. The van der Waals surface area contributed by atoms with Crippen LogP contribution in [0.2, 0.25) is 5.15 Å². The molecule has 0 aliphatic heterocycles. The van der Waals surface area contributed by atoms with Crippen LogP contribution in [0.1, 0.15) is 5.56 Å². The first-order valence-corrected chi connectivity index (χ1v) is 7.60. The van der Waals surface area contributed by atoms with Crippen molar-refractivity contribution in [2.45, 2.75) is 6.92 Å². The first-order chi connectivity index (χ1) is 11.2. The first-order valence-electron chi connectivity index (χ1n) is 7.22. The van der Waals surface area contributed by atoms with Gasteiger partial charge in [0.25, 0.3) is 0 Å². The van der Waals surface area contributed by atoms with Gasteiger partial charge in [0.1, 0.15) is 5.75 Å². The van der Waals surface area contributed by atoms with E-state index in [9.17, 15) is 0 Å². The minimum Gasteiger partial charge on any atom is -0.467 e. The molecule has 0 saturated carbocycles. The number of methoxy groups -OCH3 is 1. The van der Waals surface area contributed by atoms with Crippen molar-refractivity contribution >= 4 is 33.9 Å². The van der Waals surface area contributed by atoms with Crippen molar-refractivity contribution in [3.8, 4) is 5.75 Å². The Morgan fingerprint density at radius 2 is 1.91 bits per heavy atom. The summed E-state index contributed by atoms with van der Waals surface area (Å²) in [6.07, 6.45) is 0. The summed E-state index contributed by atoms with van der Waals surface area (Å²) in [6, 6.07) is 15.7. The second-order valence-electron chi connectivity index (χ2n) is 5.17. The predicted octanol–water partition coefficient (Wildman–Crippen LogP) is 4.92. The van der Waals surface area contributed by atoms with E-state index in [1.807, 2.05) is 55.5 Å². The molecule has 0 atom stereocenters. The number of halogens is 1. The van der Waals surface area contributed by atoms with Crippen LogP contribution in [0.5, 0.6) is 5.75 Å². The zero-order valence-corrected chi connectivity index (χ0v) is 13.7. The van der Waals surface area contributed by atoms with Crippen LogP contribution in [0.4, 0.5) is 11.4 Å². The highest BCUT2D eigenvalue weighted by molar-refractivity contribution is 6.32. The van der Waals surface area contributed by atoms with Crippen molar-refractivity contribution in [3.63, 3.8) is 0 Å². The van der Waals surface area contributed by atoms with E-state index in [2.05, 4.69) is 10.3 Å². The van der Waals surface area contributed by atoms with Gasteiger partial charge in [-0.2, -0.15) is 0 Å². The predicted molar refractivity (Wildman–Crippen MR) is 93.7 cm³/mol. The van der Waals surface area contributed by atoms with Gasteiger partial charge < -0.3 is 14.8 Å². The maximum atomic E-state index is 6.30. The Hall–Kier alpha value is -2.30. The van der Waals surface area contributed by atoms with Crippen molar-refractivity contribution in [2.24, 2.45) is 0 Å². The number of aromatic nitrogens is 1. The largest absolute Gasteiger partial charge is 0.467 e. The molecule has 0 saturated heterocycles. The van der Waals surface area contributed by atoms with Crippen LogP contribution in [0.25, 0.3) is 10.9 Å². The number of anilines is 2. The molecule has 0 bridgehead atoms. The van der Waals surface area contributed by atoms with E-state index in [0.717, 1.165) is 33.6 Å². The lowest BCUT2D eigenvalue weighted by Crippen LogP contribution is -2.01. The van der Waals surface area contributed by atoms with Crippen LogP contribution in [0, 0.1) is 6.92 Å². The van der Waals surface area contributed by atoms with Crippen LogP contribution in [-0.2, 0) is 4.74 Å². The fourth-order valence-corrected chi connectivity index (χ4v) is 2.47. The maximum absolute atomic E-state index is 6.30. The molecule has 2 aromatic carbocycles. The smallest absolute Gasteiger partial charge is 0.188 e. The Morgan fingerprint density at radius 1 is 1.09 bits per heavy atom. The van der Waals surface area contributed by atoms with E-state index in [4.69, 9.17) is 21.1 Å². The van der Waals surface area contributed by atoms with Crippen molar-refractivity contribution in [3.05, 3.63) is 59.2 Å². The van der Waals surface area contributed by atoms with Crippen molar-refractivity contribution < 1.29 is 9.47 Å². The van der Waals surface area contributed by atoms with Crippen molar-refractivity contribution in [2.75, 3.05) is 19.2 Å². The van der Waals surface area contributed by atoms with Crippen LogP contribution < -0.4 is 10.1 Å². The lowest BCUT2D eigenvalue weighted by atomic mass is 10.1. The van der Waals surface area contributed by atoms with Gasteiger partial charge in [-0.1, -0.05) is 35.9 Å². The average Bonchev–Trinajstić information content (AvgIpc) is 2.56. The molecular formula is C18H17ClN2O2. The minimum atomic E-state index is 0.209. The topological polar surface area (TPSA) is 43.4 Å². The highest BCUT2D eigenvalue weighted by atomic mass is 35.5. The summed E-state index contributed by atoms with van der Waals surface area (Å²) in [5.41, 5.74) is 3.63. The number of nitrogens with one attached hydrogen (secondary N) is 1. The molecule has 1 heterocycles. The summed E-state index contributed by atoms with van der Waals surface area (Å²) in [4.78, 5) is 4.43. The molecule has 0 unspecified atom stereocenters. The van der Waals surface area contributed by atoms with Gasteiger partial charge in [-0.25, -0.2) is 4.98 Å². The number of fused-ring (bicyclic) bond motifs is 1. The quantitative estimate of drug-likeness (QED) is 0.533. The van der Waals surface area contributed by atoms with Gasteiger partial charge in [0.15, 0.2) is 11.9 Å². The van der Waals surface area contributed by atoms with Gasteiger partial charge in [0.2, 0.25) is 0 Å². The molecule has 0 fully saturated rings. The van der Waals surface area contributed by atoms with E-state index in [-0.39, 0.29) is 6.79 Å². The summed E-state index contributed by atoms with van der Waals surface area (Å²) >= 11 is 6.30. The number of pyridine rings is 1. The number of hydrogen-bond donors (Lipinski definition) is 1. The molecule has 0 aliphatic carbocycles. The zero-order chi connectivity index (χ0) is 16.2. The van der Waals surface area contributed by atoms with Gasteiger partial charge in [-0.05, 0) is 30.7 Å². The number of ether oxygens (including phenoxy) is 2. The standard InChI is InChI=1S/C18H17ClN2O2/c1-12-7-8-14(23-11-22-2)10-16(12)20-17-9-13-5-3-4-6-15(13)21-18(17)19/h3-10,20H,11H2,1-2H3. The summed E-state index contributed by atoms with van der Waals surface area (Å²) < 4.78 is 10.4. The monoisotopic (exact) mass is 328 g/mol. The normalized spacial score (nSPS) is 10.7. The van der Waals surface area contributed by atoms with E-state index in [1.54, 1.807) is 7.11 Å². The summed E-state index contributed by atoms with van der Waals surface area (Å²) in [6.45, 7) is 2.23. The molecule has 3 rings (SSSR count). The maximum Gasteiger partial charge on any atom is 0.188 e. The number of para-hydroxylation sites is 1. The van der Waals surface area contributed by atoms with Gasteiger partial charge >= 0.3 is 0 Å². The number of benzene rings is 2. The SMILES string of the molecule is COCOc1ccc(C)c(Nc2cc3ccccc3nc2Cl)c1. The Bertz CT molecular complexity index is 836. The van der Waals surface area contributed by atoms with Crippen LogP contribution >= 0.6 is 11.6 Å². The Balaban J connectivity index is 1.93. The molecule has 0 radical (unpaired) electrons. The van der Waals surface area contributed by atoms with Crippen molar-refractivity contribution in [1.29, 1.82) is 0 Å². The second kappa shape index (κ2) is 6.86. The van der Waals surface area contributed by atoms with E-state index in [1.165, 1.54) is 0 Å². The third-order valence-corrected chi connectivity index (χ3v) is 3.79. The van der Waals surface area contributed by atoms with Gasteiger partial charge in [-0.15, -0.1) is 0 Å². The molecule has 0 spiro atoms. The zero-order valence-electron chi connectivity index (χ0n) is 13.0. The van der Waals surface area contributed by atoms with Crippen LogP contribution in [0.3, 0.4) is 0 Å². The van der Waals surface area contributed by atoms with E-state index in [0.29, 0.717) is 5.15 Å². The van der Waals surface area contributed by atoms with Gasteiger partial charge in [0.05, 0.1) is 11.2 Å². The molecule has 5 heteroatoms. The Morgan fingerprint density at radius 3 is 2.74 bits per heavy atom. The minimum absolute atomic E-state index is 0.209. The van der Waals surface area contributed by atoms with E-state index >= 15 is 0 Å². The number of nitrogens with zero attached hydrogens (tertiary/aromatic N) is 1. The summed E-state index contributed by atoms with van der Waals surface area (Å²) in [5, 5.41) is 4.80. The third-order valence-electron chi connectivity index (χ3n) is 3.50. The van der Waals surface area contributed by atoms with Crippen molar-refractivity contribution in [1.82, 2.24) is 4.98 Å². The highest BCUT2D eigenvalue weighted by Gasteiger charge is 2.08. The van der Waals surface area contributed by atoms with Gasteiger partial charge in [-0.3, -0.25) is 0 Å². The number of rotatable bonds is 5. The lowest BCUT2D eigenvalue weighted by Gasteiger charge is -2.13.